The van der Waals surface area contributed by atoms with Gasteiger partial charge in [-0.05, 0) is 12.8 Å². The summed E-state index contributed by atoms with van der Waals surface area (Å²) in [5.74, 6) is 0.0354. The quantitative estimate of drug-likeness (QED) is 0.577. The van der Waals surface area contributed by atoms with Gasteiger partial charge in [-0.15, -0.1) is 0 Å². The van der Waals surface area contributed by atoms with E-state index in [1.54, 1.807) is 7.05 Å². The van der Waals surface area contributed by atoms with E-state index < -0.39 is 12.0 Å². The molecule has 2 amide bonds. The maximum Gasteiger partial charge on any atom is 0.246 e. The molecule has 1 aliphatic heterocycles. The molecule has 1 radical (unpaired) electrons. The minimum absolute atomic E-state index is 0.130. The van der Waals surface area contributed by atoms with Crippen molar-refractivity contribution in [2.75, 3.05) is 13.7 Å². The van der Waals surface area contributed by atoms with Gasteiger partial charge in [0.2, 0.25) is 11.8 Å². The Kier molecular flexibility index (Phi) is 3.25. The number of carbonyl (C=O) groups is 2. The molecular weight excluding hydrogens is 172 g/mol. The lowest BCUT2D eigenvalue weighted by Crippen LogP contribution is -2.40. The number of hydrogen-bond donors (Lipinski definition) is 2. The third-order valence-electron chi connectivity index (χ3n) is 2.02. The van der Waals surface area contributed by atoms with Crippen LogP contribution in [0.4, 0.5) is 0 Å². The van der Waals surface area contributed by atoms with Crippen molar-refractivity contribution in [2.45, 2.75) is 18.9 Å². The summed E-state index contributed by atoms with van der Waals surface area (Å²) in [6.45, 7) is 0.385. The van der Waals surface area contributed by atoms with Crippen LogP contribution in [-0.4, -0.2) is 31.6 Å². The molecular formula is C8H13N2O3. The number of nitrogens with one attached hydrogen (secondary N) is 1. The van der Waals surface area contributed by atoms with E-state index in [9.17, 15) is 9.59 Å². The van der Waals surface area contributed by atoms with Gasteiger partial charge in [0.1, 0.15) is 6.10 Å². The second-order valence-electron chi connectivity index (χ2n) is 2.90. The van der Waals surface area contributed by atoms with E-state index in [4.69, 9.17) is 10.5 Å². The lowest BCUT2D eigenvalue weighted by atomic mass is 9.94. The fourth-order valence-electron chi connectivity index (χ4n) is 1.27. The average Bonchev–Trinajstić information content (AvgIpc) is 2.17. The molecule has 1 atom stereocenters. The average molecular weight is 185 g/mol. The summed E-state index contributed by atoms with van der Waals surface area (Å²) >= 11 is 0. The van der Waals surface area contributed by atoms with E-state index in [1.807, 2.05) is 0 Å². The molecule has 3 N–H and O–H groups in total. The Labute approximate surface area is 76.6 Å². The molecule has 0 saturated carbocycles. The highest BCUT2D eigenvalue weighted by Gasteiger charge is 2.30. The Morgan fingerprint density at radius 2 is 2.31 bits per heavy atom. The van der Waals surface area contributed by atoms with Crippen LogP contribution in [0.5, 0.6) is 0 Å². The molecule has 1 fully saturated rings. The van der Waals surface area contributed by atoms with Gasteiger partial charge < -0.3 is 15.8 Å². The molecule has 5 heteroatoms. The van der Waals surface area contributed by atoms with Gasteiger partial charge in [0.05, 0.1) is 5.92 Å². The maximum absolute atomic E-state index is 11.2. The number of carbonyl (C=O) groups excluding carboxylic acids is 2. The molecule has 0 aliphatic carbocycles. The molecule has 0 bridgehead atoms. The van der Waals surface area contributed by atoms with Crippen LogP contribution < -0.4 is 11.1 Å². The van der Waals surface area contributed by atoms with Gasteiger partial charge >= 0.3 is 0 Å². The summed E-state index contributed by atoms with van der Waals surface area (Å²) in [5.41, 5.74) is 5.06. The Morgan fingerprint density at radius 3 is 2.85 bits per heavy atom. The predicted octanol–water partition coefficient (Wildman–Crippen LogP) is -1.03. The molecule has 73 valence electrons. The van der Waals surface area contributed by atoms with E-state index in [0.29, 0.717) is 25.4 Å². The van der Waals surface area contributed by atoms with Crippen molar-refractivity contribution in [3.8, 4) is 0 Å². The van der Waals surface area contributed by atoms with Crippen molar-refractivity contribution in [1.82, 2.24) is 5.32 Å². The summed E-state index contributed by atoms with van der Waals surface area (Å²) in [5, 5.41) is 2.51. The van der Waals surface area contributed by atoms with Crippen LogP contribution >= 0.6 is 0 Å². The second kappa shape index (κ2) is 4.23. The van der Waals surface area contributed by atoms with Crippen molar-refractivity contribution in [2.24, 2.45) is 5.73 Å². The Morgan fingerprint density at radius 1 is 1.62 bits per heavy atom. The summed E-state index contributed by atoms with van der Waals surface area (Å²) in [7, 11) is 1.56. The fourth-order valence-corrected chi connectivity index (χ4v) is 1.27. The summed E-state index contributed by atoms with van der Waals surface area (Å²) in [6, 6.07) is 0. The number of primary amides is 1. The topological polar surface area (TPSA) is 81.4 Å². The van der Waals surface area contributed by atoms with Crippen LogP contribution in [0.25, 0.3) is 0 Å². The lowest BCUT2D eigenvalue weighted by Gasteiger charge is -2.25. The molecule has 1 saturated heterocycles. The van der Waals surface area contributed by atoms with Gasteiger partial charge in [-0.1, -0.05) is 0 Å². The summed E-state index contributed by atoms with van der Waals surface area (Å²) in [6.07, 6.45) is 0.249. The minimum atomic E-state index is -0.638. The molecule has 0 aromatic carbocycles. The van der Waals surface area contributed by atoms with E-state index in [-0.39, 0.29) is 5.91 Å². The zero-order valence-corrected chi connectivity index (χ0v) is 7.50. The zero-order chi connectivity index (χ0) is 9.84. The highest BCUT2D eigenvalue weighted by atomic mass is 16.5. The van der Waals surface area contributed by atoms with Gasteiger partial charge in [-0.2, -0.15) is 0 Å². The maximum atomic E-state index is 11.2. The molecule has 5 nitrogen and oxygen atoms in total. The molecule has 0 aromatic heterocycles. The molecule has 1 rings (SSSR count). The SMILES string of the molecule is CNC(=O)[C]1CCOC(C(N)=O)C1. The Balaban J connectivity index is 2.51. The lowest BCUT2D eigenvalue weighted by molar-refractivity contribution is -0.132. The van der Waals surface area contributed by atoms with Gasteiger partial charge in [-0.3, -0.25) is 9.59 Å². The van der Waals surface area contributed by atoms with Crippen molar-refractivity contribution >= 4 is 11.8 Å². The first-order valence-electron chi connectivity index (χ1n) is 4.13. The van der Waals surface area contributed by atoms with Crippen LogP contribution in [-0.2, 0) is 14.3 Å². The smallest absolute Gasteiger partial charge is 0.246 e. The van der Waals surface area contributed by atoms with Gasteiger partial charge in [0.15, 0.2) is 0 Å². The number of rotatable bonds is 2. The minimum Gasteiger partial charge on any atom is -0.368 e. The normalized spacial score (nSPS) is 23.9. The van der Waals surface area contributed by atoms with Crippen molar-refractivity contribution in [3.63, 3.8) is 0 Å². The van der Waals surface area contributed by atoms with Crippen LogP contribution in [0.15, 0.2) is 0 Å². The van der Waals surface area contributed by atoms with E-state index >= 15 is 0 Å². The van der Waals surface area contributed by atoms with Crippen LogP contribution in [0.1, 0.15) is 12.8 Å². The van der Waals surface area contributed by atoms with Crippen LogP contribution in [0.2, 0.25) is 0 Å². The van der Waals surface area contributed by atoms with Crippen molar-refractivity contribution < 1.29 is 14.3 Å². The molecule has 1 unspecified atom stereocenters. The van der Waals surface area contributed by atoms with Gasteiger partial charge in [0.25, 0.3) is 0 Å². The standard InChI is InChI=1S/C8H13N2O3/c1-10-8(12)5-2-3-13-6(4-5)7(9)11/h6H,2-4H2,1H3,(H2,9,11)(H,10,12). The highest BCUT2D eigenvalue weighted by molar-refractivity contribution is 5.91. The predicted molar refractivity (Wildman–Crippen MR) is 45.5 cm³/mol. The van der Waals surface area contributed by atoms with Crippen LogP contribution in [0, 0.1) is 5.92 Å². The highest BCUT2D eigenvalue weighted by Crippen LogP contribution is 2.21. The Bertz CT molecular complexity index is 217. The molecule has 0 aromatic rings. The molecule has 1 heterocycles. The van der Waals surface area contributed by atoms with Crippen LogP contribution in [0.3, 0.4) is 0 Å². The van der Waals surface area contributed by atoms with E-state index in [2.05, 4.69) is 5.32 Å². The number of amides is 2. The van der Waals surface area contributed by atoms with Gasteiger partial charge in [-0.25, -0.2) is 0 Å². The number of nitrogens with two attached hydrogens (primary N) is 1. The first kappa shape index (κ1) is 9.98. The molecule has 1 aliphatic rings. The molecule has 0 spiro atoms. The third kappa shape index (κ3) is 2.42. The zero-order valence-electron chi connectivity index (χ0n) is 7.50. The summed E-state index contributed by atoms with van der Waals surface area (Å²) < 4.78 is 5.09. The monoisotopic (exact) mass is 185 g/mol. The first-order valence-corrected chi connectivity index (χ1v) is 4.13. The number of ether oxygens (including phenoxy) is 1. The second-order valence-corrected chi connectivity index (χ2v) is 2.90. The van der Waals surface area contributed by atoms with Crippen molar-refractivity contribution in [3.05, 3.63) is 5.92 Å². The van der Waals surface area contributed by atoms with E-state index in [0.717, 1.165) is 0 Å². The largest absolute Gasteiger partial charge is 0.368 e. The van der Waals surface area contributed by atoms with E-state index in [1.165, 1.54) is 0 Å². The number of hydrogen-bond acceptors (Lipinski definition) is 3. The summed E-state index contributed by atoms with van der Waals surface area (Å²) in [4.78, 5) is 21.9. The fraction of sp³-hybridized carbons (Fsp3) is 0.625. The van der Waals surface area contributed by atoms with Gasteiger partial charge in [0, 0.05) is 13.7 Å². The molecule has 13 heavy (non-hydrogen) atoms. The third-order valence-corrected chi connectivity index (χ3v) is 2.02. The Hall–Kier alpha value is -1.10. The van der Waals surface area contributed by atoms with Crippen molar-refractivity contribution in [1.29, 1.82) is 0 Å². The first-order chi connectivity index (χ1) is 6.15.